The number of hydrogen-bond acceptors (Lipinski definition) is 2. The molecular weight excluding hydrogens is 258 g/mol. The standard InChI is InChI=1S/C16H24ClNO/c1-11(2)12-5-4-8-16(18,10-12)13-6-7-14(17)15(9-13)19-3/h6-7,9,11-12H,4-5,8,10,18H2,1-3H3. The Morgan fingerprint density at radius 1 is 1.42 bits per heavy atom. The molecule has 19 heavy (non-hydrogen) atoms. The summed E-state index contributed by atoms with van der Waals surface area (Å²) in [6.07, 6.45) is 4.59. The third-order valence-corrected chi connectivity index (χ3v) is 4.81. The molecule has 0 amide bonds. The lowest BCUT2D eigenvalue weighted by atomic mass is 9.69. The molecule has 0 bridgehead atoms. The van der Waals surface area contributed by atoms with E-state index in [0.29, 0.717) is 16.9 Å². The van der Waals surface area contributed by atoms with Gasteiger partial charge in [-0.15, -0.1) is 0 Å². The van der Waals surface area contributed by atoms with Crippen LogP contribution in [0.5, 0.6) is 5.75 Å². The number of methoxy groups -OCH3 is 1. The van der Waals surface area contributed by atoms with Gasteiger partial charge in [0, 0.05) is 5.54 Å². The van der Waals surface area contributed by atoms with E-state index in [1.54, 1.807) is 7.11 Å². The molecule has 0 aromatic heterocycles. The van der Waals surface area contributed by atoms with Gasteiger partial charge in [-0.1, -0.05) is 44.4 Å². The fourth-order valence-corrected chi connectivity index (χ4v) is 3.35. The largest absolute Gasteiger partial charge is 0.495 e. The van der Waals surface area contributed by atoms with Gasteiger partial charge in [0.05, 0.1) is 12.1 Å². The van der Waals surface area contributed by atoms with Gasteiger partial charge in [-0.2, -0.15) is 0 Å². The van der Waals surface area contributed by atoms with E-state index in [0.717, 1.165) is 24.2 Å². The van der Waals surface area contributed by atoms with E-state index in [9.17, 15) is 0 Å². The number of benzene rings is 1. The van der Waals surface area contributed by atoms with Crippen LogP contribution in [0.2, 0.25) is 5.02 Å². The third-order valence-electron chi connectivity index (χ3n) is 4.49. The molecule has 0 spiro atoms. The summed E-state index contributed by atoms with van der Waals surface area (Å²) in [7, 11) is 1.64. The maximum absolute atomic E-state index is 6.68. The van der Waals surface area contributed by atoms with Crippen LogP contribution in [0.1, 0.15) is 45.1 Å². The number of nitrogens with two attached hydrogens (primary N) is 1. The summed E-state index contributed by atoms with van der Waals surface area (Å²) in [6.45, 7) is 4.58. The van der Waals surface area contributed by atoms with Gasteiger partial charge >= 0.3 is 0 Å². The molecule has 3 heteroatoms. The van der Waals surface area contributed by atoms with Crippen molar-refractivity contribution >= 4 is 11.6 Å². The topological polar surface area (TPSA) is 35.2 Å². The molecule has 1 saturated carbocycles. The van der Waals surface area contributed by atoms with Gasteiger partial charge in [0.1, 0.15) is 5.75 Å². The van der Waals surface area contributed by atoms with Gasteiger partial charge in [0.2, 0.25) is 0 Å². The first-order valence-corrected chi connectivity index (χ1v) is 7.47. The van der Waals surface area contributed by atoms with Crippen molar-refractivity contribution in [1.29, 1.82) is 0 Å². The van der Waals surface area contributed by atoms with E-state index >= 15 is 0 Å². The van der Waals surface area contributed by atoms with Gasteiger partial charge in [0.25, 0.3) is 0 Å². The minimum Gasteiger partial charge on any atom is -0.495 e. The van der Waals surface area contributed by atoms with E-state index < -0.39 is 0 Å². The van der Waals surface area contributed by atoms with Crippen LogP contribution in [-0.2, 0) is 5.54 Å². The lowest BCUT2D eigenvalue weighted by Gasteiger charge is -2.40. The van der Waals surface area contributed by atoms with Gasteiger partial charge in [-0.25, -0.2) is 0 Å². The van der Waals surface area contributed by atoms with Crippen molar-refractivity contribution < 1.29 is 4.74 Å². The molecule has 1 aromatic carbocycles. The Kier molecular flexibility index (Phi) is 4.42. The summed E-state index contributed by atoms with van der Waals surface area (Å²) in [6, 6.07) is 5.95. The molecule has 0 saturated heterocycles. The summed E-state index contributed by atoms with van der Waals surface area (Å²) >= 11 is 6.09. The molecule has 2 atom stereocenters. The monoisotopic (exact) mass is 281 g/mol. The molecule has 1 aliphatic rings. The van der Waals surface area contributed by atoms with Crippen LogP contribution in [0.3, 0.4) is 0 Å². The summed E-state index contributed by atoms with van der Waals surface area (Å²) in [4.78, 5) is 0. The normalized spacial score (nSPS) is 27.6. The van der Waals surface area contributed by atoms with E-state index in [1.807, 2.05) is 18.2 Å². The van der Waals surface area contributed by atoms with Crippen LogP contribution >= 0.6 is 11.6 Å². The maximum Gasteiger partial charge on any atom is 0.137 e. The highest BCUT2D eigenvalue weighted by Crippen LogP contribution is 2.42. The second-order valence-corrected chi connectivity index (χ2v) is 6.51. The van der Waals surface area contributed by atoms with Crippen LogP contribution in [0.15, 0.2) is 18.2 Å². The number of hydrogen-bond donors (Lipinski definition) is 1. The van der Waals surface area contributed by atoms with Crippen LogP contribution < -0.4 is 10.5 Å². The van der Waals surface area contributed by atoms with E-state index in [4.69, 9.17) is 22.1 Å². The smallest absolute Gasteiger partial charge is 0.137 e. The highest BCUT2D eigenvalue weighted by Gasteiger charge is 2.35. The second-order valence-electron chi connectivity index (χ2n) is 6.11. The van der Waals surface area contributed by atoms with Gasteiger partial charge in [-0.3, -0.25) is 0 Å². The maximum atomic E-state index is 6.68. The zero-order valence-electron chi connectivity index (χ0n) is 12.1. The van der Waals surface area contributed by atoms with E-state index in [1.165, 1.54) is 12.8 Å². The predicted octanol–water partition coefficient (Wildman–Crippen LogP) is 4.35. The summed E-state index contributed by atoms with van der Waals surface area (Å²) in [5, 5.41) is 0.645. The average Bonchev–Trinajstić information content (AvgIpc) is 2.39. The zero-order valence-corrected chi connectivity index (χ0v) is 12.8. The lowest BCUT2D eigenvalue weighted by Crippen LogP contribution is -2.42. The molecule has 2 rings (SSSR count). The van der Waals surface area contributed by atoms with Crippen LogP contribution in [0, 0.1) is 11.8 Å². The van der Waals surface area contributed by atoms with Crippen molar-refractivity contribution in [3.05, 3.63) is 28.8 Å². The minimum atomic E-state index is -0.231. The Morgan fingerprint density at radius 3 is 2.79 bits per heavy atom. The van der Waals surface area contributed by atoms with Crippen molar-refractivity contribution in [3.63, 3.8) is 0 Å². The summed E-state index contributed by atoms with van der Waals surface area (Å²) in [5.74, 6) is 2.12. The Labute approximate surface area is 121 Å². The number of rotatable bonds is 3. The average molecular weight is 282 g/mol. The predicted molar refractivity (Wildman–Crippen MR) is 80.7 cm³/mol. The first-order chi connectivity index (χ1) is 8.96. The molecule has 106 valence electrons. The fourth-order valence-electron chi connectivity index (χ4n) is 3.15. The first kappa shape index (κ1) is 14.7. The number of halogens is 1. The SMILES string of the molecule is COc1cc(C2(N)CCCC(C(C)C)C2)ccc1Cl. The van der Waals surface area contributed by atoms with Crippen molar-refractivity contribution in [3.8, 4) is 5.75 Å². The number of ether oxygens (including phenoxy) is 1. The van der Waals surface area contributed by atoms with Gasteiger partial charge in [0.15, 0.2) is 0 Å². The Bertz CT molecular complexity index is 446. The quantitative estimate of drug-likeness (QED) is 0.894. The summed E-state index contributed by atoms with van der Waals surface area (Å²) in [5.41, 5.74) is 7.60. The Morgan fingerprint density at radius 2 is 2.16 bits per heavy atom. The molecular formula is C16H24ClNO. The molecule has 0 radical (unpaired) electrons. The molecule has 2 N–H and O–H groups in total. The van der Waals surface area contributed by atoms with Gasteiger partial charge < -0.3 is 10.5 Å². The highest BCUT2D eigenvalue weighted by molar-refractivity contribution is 6.32. The second kappa shape index (κ2) is 5.72. The van der Waals surface area contributed by atoms with Crippen molar-refractivity contribution in [2.75, 3.05) is 7.11 Å². The molecule has 0 aliphatic heterocycles. The highest BCUT2D eigenvalue weighted by atomic mass is 35.5. The van der Waals surface area contributed by atoms with Crippen molar-refractivity contribution in [1.82, 2.24) is 0 Å². The zero-order chi connectivity index (χ0) is 14.0. The Hall–Kier alpha value is -0.730. The van der Waals surface area contributed by atoms with E-state index in [-0.39, 0.29) is 5.54 Å². The Balaban J connectivity index is 2.28. The van der Waals surface area contributed by atoms with Crippen LogP contribution in [0.4, 0.5) is 0 Å². The van der Waals surface area contributed by atoms with E-state index in [2.05, 4.69) is 13.8 Å². The fraction of sp³-hybridized carbons (Fsp3) is 0.625. The van der Waals surface area contributed by atoms with Crippen LogP contribution in [-0.4, -0.2) is 7.11 Å². The molecule has 1 fully saturated rings. The molecule has 2 unspecified atom stereocenters. The summed E-state index contributed by atoms with van der Waals surface area (Å²) < 4.78 is 5.31. The minimum absolute atomic E-state index is 0.231. The molecule has 0 heterocycles. The first-order valence-electron chi connectivity index (χ1n) is 7.09. The molecule has 1 aromatic rings. The van der Waals surface area contributed by atoms with Crippen molar-refractivity contribution in [2.24, 2.45) is 17.6 Å². The third kappa shape index (κ3) is 3.06. The lowest BCUT2D eigenvalue weighted by molar-refractivity contribution is 0.183. The van der Waals surface area contributed by atoms with Gasteiger partial charge in [-0.05, 0) is 42.4 Å². The van der Waals surface area contributed by atoms with Crippen LogP contribution in [0.25, 0.3) is 0 Å². The molecule has 2 nitrogen and oxygen atoms in total. The van der Waals surface area contributed by atoms with Crippen molar-refractivity contribution in [2.45, 2.75) is 45.1 Å². The molecule has 1 aliphatic carbocycles.